The van der Waals surface area contributed by atoms with Crippen molar-refractivity contribution in [2.24, 2.45) is 0 Å². The van der Waals surface area contributed by atoms with Gasteiger partial charge in [-0.15, -0.1) is 0 Å². The van der Waals surface area contributed by atoms with E-state index in [1.54, 1.807) is 24.3 Å². The zero-order chi connectivity index (χ0) is 23.8. The van der Waals surface area contributed by atoms with Crippen LogP contribution in [-0.4, -0.2) is 34.1 Å². The topological polar surface area (TPSA) is 84.9 Å². The first-order chi connectivity index (χ1) is 15.7. The smallest absolute Gasteiger partial charge is 0.267 e. The maximum atomic E-state index is 13.6. The Bertz CT molecular complexity index is 1300. The first kappa shape index (κ1) is 22.7. The number of hydrogen-bond acceptors (Lipinski definition) is 5. The van der Waals surface area contributed by atoms with Crippen LogP contribution in [0.5, 0.6) is 11.5 Å². The first-order valence-electron chi connectivity index (χ1n) is 10.5. The number of carbonyl (C=O) groups excluding carboxylic acids is 1. The zero-order valence-electron chi connectivity index (χ0n) is 19.0. The monoisotopic (exact) mass is 466 g/mol. The van der Waals surface area contributed by atoms with Crippen LogP contribution >= 0.6 is 0 Å². The number of rotatable bonds is 5. The molecular formula is C25H26N2O5S. The molecule has 0 spiro atoms. The summed E-state index contributed by atoms with van der Waals surface area (Å²) < 4.78 is 39.4. The van der Waals surface area contributed by atoms with Crippen LogP contribution in [-0.2, 0) is 14.8 Å². The van der Waals surface area contributed by atoms with Gasteiger partial charge in [0.1, 0.15) is 11.5 Å². The normalized spacial score (nSPS) is 15.4. The van der Waals surface area contributed by atoms with Crippen LogP contribution in [0.1, 0.15) is 16.7 Å². The van der Waals surface area contributed by atoms with Crippen molar-refractivity contribution in [3.63, 3.8) is 0 Å². The van der Waals surface area contributed by atoms with E-state index < -0.39 is 22.0 Å². The molecule has 33 heavy (non-hydrogen) atoms. The Balaban J connectivity index is 1.69. The summed E-state index contributed by atoms with van der Waals surface area (Å²) in [5.74, 6) is 0.487. The average molecular weight is 467 g/mol. The number of nitrogens with one attached hydrogen (secondary N) is 1. The van der Waals surface area contributed by atoms with Gasteiger partial charge in [-0.1, -0.05) is 23.8 Å². The van der Waals surface area contributed by atoms with Gasteiger partial charge in [0.25, 0.3) is 15.9 Å². The van der Waals surface area contributed by atoms with Gasteiger partial charge in [0.15, 0.2) is 6.10 Å². The lowest BCUT2D eigenvalue weighted by atomic mass is 10.1. The Morgan fingerprint density at radius 2 is 1.67 bits per heavy atom. The van der Waals surface area contributed by atoms with Crippen molar-refractivity contribution in [1.29, 1.82) is 0 Å². The van der Waals surface area contributed by atoms with Crippen molar-refractivity contribution < 1.29 is 22.7 Å². The number of carbonyl (C=O) groups is 1. The second-order valence-electron chi connectivity index (χ2n) is 8.10. The van der Waals surface area contributed by atoms with Crippen molar-refractivity contribution in [2.75, 3.05) is 23.3 Å². The number of hydrogen-bond donors (Lipinski definition) is 1. The van der Waals surface area contributed by atoms with E-state index in [1.165, 1.54) is 23.5 Å². The number of sulfonamides is 1. The minimum Gasteiger partial charge on any atom is -0.497 e. The van der Waals surface area contributed by atoms with Gasteiger partial charge in [0, 0.05) is 5.69 Å². The molecule has 1 aliphatic heterocycles. The molecule has 0 fully saturated rings. The second kappa shape index (κ2) is 8.78. The van der Waals surface area contributed by atoms with Crippen LogP contribution in [0.15, 0.2) is 65.6 Å². The summed E-state index contributed by atoms with van der Waals surface area (Å²) >= 11 is 0. The van der Waals surface area contributed by atoms with Crippen LogP contribution in [0.2, 0.25) is 0 Å². The Kier molecular flexibility index (Phi) is 6.03. The van der Waals surface area contributed by atoms with Crippen LogP contribution < -0.4 is 19.1 Å². The molecule has 1 atom stereocenters. The Morgan fingerprint density at radius 1 is 1.00 bits per heavy atom. The molecule has 1 aliphatic rings. The largest absolute Gasteiger partial charge is 0.497 e. The number of methoxy groups -OCH3 is 1. The van der Waals surface area contributed by atoms with Crippen molar-refractivity contribution in [2.45, 2.75) is 31.8 Å². The molecule has 3 aromatic rings. The van der Waals surface area contributed by atoms with E-state index in [0.29, 0.717) is 22.9 Å². The lowest BCUT2D eigenvalue weighted by Crippen LogP contribution is -2.48. The summed E-state index contributed by atoms with van der Waals surface area (Å²) in [5.41, 5.74) is 3.95. The van der Waals surface area contributed by atoms with Crippen molar-refractivity contribution >= 4 is 27.3 Å². The van der Waals surface area contributed by atoms with E-state index in [-0.39, 0.29) is 11.4 Å². The Hall–Kier alpha value is -3.52. The predicted molar refractivity (Wildman–Crippen MR) is 128 cm³/mol. The first-order valence-corrected chi connectivity index (χ1v) is 12.0. The molecular weight excluding hydrogens is 440 g/mol. The zero-order valence-corrected chi connectivity index (χ0v) is 19.8. The van der Waals surface area contributed by atoms with Gasteiger partial charge in [-0.3, -0.25) is 9.10 Å². The van der Waals surface area contributed by atoms with Crippen LogP contribution in [0, 0.1) is 20.8 Å². The summed E-state index contributed by atoms with van der Waals surface area (Å²) in [6.45, 7) is 5.61. The predicted octanol–water partition coefficient (Wildman–Crippen LogP) is 4.22. The molecule has 0 aromatic heterocycles. The van der Waals surface area contributed by atoms with Gasteiger partial charge in [0.2, 0.25) is 0 Å². The summed E-state index contributed by atoms with van der Waals surface area (Å²) in [6.07, 6.45) is -1.02. The maximum absolute atomic E-state index is 13.6. The van der Waals surface area contributed by atoms with Gasteiger partial charge in [-0.05, 0) is 74.4 Å². The number of ether oxygens (including phenoxy) is 2. The highest BCUT2D eigenvalue weighted by Gasteiger charge is 2.37. The number of benzene rings is 3. The molecule has 8 heteroatoms. The summed E-state index contributed by atoms with van der Waals surface area (Å²) in [5, 5.41) is 2.88. The molecule has 0 saturated heterocycles. The molecule has 0 saturated carbocycles. The number of anilines is 2. The number of fused-ring (bicyclic) bond motifs is 1. The third kappa shape index (κ3) is 4.52. The fraction of sp³-hybridized carbons (Fsp3) is 0.240. The number of aryl methyl sites for hydroxylation is 3. The Labute approximate surface area is 194 Å². The highest BCUT2D eigenvalue weighted by molar-refractivity contribution is 7.92. The molecule has 0 radical (unpaired) electrons. The molecule has 1 heterocycles. The van der Waals surface area contributed by atoms with Gasteiger partial charge >= 0.3 is 0 Å². The van der Waals surface area contributed by atoms with Crippen LogP contribution in [0.3, 0.4) is 0 Å². The van der Waals surface area contributed by atoms with Gasteiger partial charge in [-0.25, -0.2) is 8.42 Å². The van der Waals surface area contributed by atoms with Gasteiger partial charge in [-0.2, -0.15) is 0 Å². The Morgan fingerprint density at radius 3 is 2.33 bits per heavy atom. The van der Waals surface area contributed by atoms with Crippen molar-refractivity contribution in [3.05, 3.63) is 77.4 Å². The summed E-state index contributed by atoms with van der Waals surface area (Å²) in [6, 6.07) is 17.1. The van der Waals surface area contributed by atoms with Crippen molar-refractivity contribution in [3.8, 4) is 11.5 Å². The highest BCUT2D eigenvalue weighted by Crippen LogP contribution is 2.38. The van der Waals surface area contributed by atoms with E-state index in [1.807, 2.05) is 45.0 Å². The SMILES string of the molecule is COc1ccc(S(=O)(=O)N2CC(C(=O)Nc3ccc(C)cc3C)Oc3cc(C)ccc32)cc1. The molecule has 0 aliphatic carbocycles. The van der Waals surface area contributed by atoms with E-state index >= 15 is 0 Å². The molecule has 3 aromatic carbocycles. The molecule has 4 rings (SSSR count). The van der Waals surface area contributed by atoms with Crippen LogP contribution in [0.4, 0.5) is 11.4 Å². The molecule has 172 valence electrons. The van der Waals surface area contributed by atoms with Gasteiger partial charge in [0.05, 0.1) is 24.2 Å². The van der Waals surface area contributed by atoms with E-state index in [9.17, 15) is 13.2 Å². The molecule has 0 bridgehead atoms. The molecule has 1 N–H and O–H groups in total. The molecule has 1 unspecified atom stereocenters. The minimum absolute atomic E-state index is 0.102. The average Bonchev–Trinajstić information content (AvgIpc) is 2.79. The molecule has 7 nitrogen and oxygen atoms in total. The van der Waals surface area contributed by atoms with Gasteiger partial charge < -0.3 is 14.8 Å². The van der Waals surface area contributed by atoms with E-state index in [2.05, 4.69) is 5.32 Å². The van der Waals surface area contributed by atoms with Crippen molar-refractivity contribution in [1.82, 2.24) is 0 Å². The molecule has 1 amide bonds. The third-order valence-electron chi connectivity index (χ3n) is 5.56. The quantitative estimate of drug-likeness (QED) is 0.609. The lowest BCUT2D eigenvalue weighted by Gasteiger charge is -2.35. The lowest BCUT2D eigenvalue weighted by molar-refractivity contribution is -0.122. The second-order valence-corrected chi connectivity index (χ2v) is 9.96. The van der Waals surface area contributed by atoms with E-state index in [4.69, 9.17) is 9.47 Å². The fourth-order valence-electron chi connectivity index (χ4n) is 3.77. The standard InChI is InChI=1S/C25H26N2O5S/c1-16-5-11-21(18(3)13-16)26-25(28)24-15-27(22-12-6-17(2)14-23(22)32-24)33(29,30)20-9-7-19(31-4)8-10-20/h5-14,24H,15H2,1-4H3,(H,26,28). The summed E-state index contributed by atoms with van der Waals surface area (Å²) in [7, 11) is -2.43. The third-order valence-corrected chi connectivity index (χ3v) is 7.36. The summed E-state index contributed by atoms with van der Waals surface area (Å²) in [4.78, 5) is 13.2. The number of amides is 1. The fourth-order valence-corrected chi connectivity index (χ4v) is 5.24. The number of nitrogens with zero attached hydrogens (tertiary/aromatic N) is 1. The minimum atomic E-state index is -3.95. The maximum Gasteiger partial charge on any atom is 0.267 e. The van der Waals surface area contributed by atoms with Crippen LogP contribution in [0.25, 0.3) is 0 Å². The van der Waals surface area contributed by atoms with E-state index in [0.717, 1.165) is 16.7 Å². The highest BCUT2D eigenvalue weighted by atomic mass is 32.2.